The van der Waals surface area contributed by atoms with Crippen molar-refractivity contribution < 1.29 is 0 Å². The molecule has 6 saturated carbocycles. The van der Waals surface area contributed by atoms with Crippen LogP contribution in [0.3, 0.4) is 0 Å². The van der Waals surface area contributed by atoms with Crippen LogP contribution in [0, 0.1) is 86.6 Å². The lowest BCUT2D eigenvalue weighted by Gasteiger charge is -3.08. The normalized spacial score (nSPS) is 67.4. The molecule has 0 N–H and O–H groups in total. The van der Waals surface area contributed by atoms with Crippen LogP contribution in [0.2, 0.25) is 0 Å². The molecule has 0 aromatic carbocycles. The minimum atomic E-state index is 0.194. The van der Waals surface area contributed by atoms with Gasteiger partial charge < -0.3 is 0 Å². The Kier molecular flexibility index (Phi) is 3.85. The summed E-state index contributed by atoms with van der Waals surface area (Å²) in [6.45, 7) is 60.1. The first-order valence-electron chi connectivity index (χ1n) is 16.2. The minimum absolute atomic E-state index is 0.194. The lowest BCUT2D eigenvalue weighted by molar-refractivity contribution is -0.624. The number of hydrogen-bond acceptors (Lipinski definition) is 0. The molecule has 0 saturated heterocycles. The monoisotopic (exact) mass is 523 g/mol. The molecule has 6 rings (SSSR count). The predicted octanol–water partition coefficient (Wildman–Crippen LogP) is 11.3. The fourth-order valence-corrected chi connectivity index (χ4v) is 20.0. The SMILES string of the molecule is CC1(C)C(C)(C)C2(C)C(C)(C1(C)C)C1(C)C2(C)C(C)(C)C2(C)C3(C)C4(C)C(C)(C)C(C)(C)C4(C)C3(C)C21C. The van der Waals surface area contributed by atoms with E-state index in [1.54, 1.807) is 0 Å². The van der Waals surface area contributed by atoms with Crippen molar-refractivity contribution in [2.75, 3.05) is 0 Å². The molecule has 0 spiro atoms. The third kappa shape index (κ3) is 1.23. The van der Waals surface area contributed by atoms with Gasteiger partial charge in [0.05, 0.1) is 0 Å². The van der Waals surface area contributed by atoms with Crippen molar-refractivity contribution in [1.29, 1.82) is 0 Å². The molecule has 38 heavy (non-hydrogen) atoms. The second-order valence-electron chi connectivity index (χ2n) is 21.0. The maximum Gasteiger partial charge on any atom is -0.0131 e. The van der Waals surface area contributed by atoms with Gasteiger partial charge in [-0.3, -0.25) is 0 Å². The first-order valence-corrected chi connectivity index (χ1v) is 16.2. The van der Waals surface area contributed by atoms with Crippen molar-refractivity contribution in [3.8, 4) is 0 Å². The maximum atomic E-state index is 2.85. The van der Waals surface area contributed by atoms with Crippen molar-refractivity contribution in [3.05, 3.63) is 0 Å². The summed E-state index contributed by atoms with van der Waals surface area (Å²) in [5.74, 6) is 0. The van der Waals surface area contributed by atoms with Crippen LogP contribution in [0.25, 0.3) is 0 Å². The summed E-state index contributed by atoms with van der Waals surface area (Å²) >= 11 is 0. The topological polar surface area (TPSA) is 0 Å². The minimum Gasteiger partial charge on any atom is -0.0588 e. The Bertz CT molecular complexity index is 1240. The smallest absolute Gasteiger partial charge is 0.0131 e. The van der Waals surface area contributed by atoms with Crippen molar-refractivity contribution in [1.82, 2.24) is 0 Å². The molecule has 218 valence electrons. The second kappa shape index (κ2) is 5.20. The molecule has 0 aromatic heterocycles. The molecule has 10 unspecified atom stereocenters. The summed E-state index contributed by atoms with van der Waals surface area (Å²) in [5, 5.41) is 0. The van der Waals surface area contributed by atoms with Gasteiger partial charge in [0.15, 0.2) is 0 Å². The Balaban J connectivity index is 1.79. The van der Waals surface area contributed by atoms with Gasteiger partial charge in [-0.15, -0.1) is 0 Å². The van der Waals surface area contributed by atoms with Crippen LogP contribution >= 0.6 is 0 Å². The van der Waals surface area contributed by atoms with Gasteiger partial charge in [-0.25, -0.2) is 0 Å². The van der Waals surface area contributed by atoms with Gasteiger partial charge in [-0.1, -0.05) is 152 Å². The van der Waals surface area contributed by atoms with Crippen LogP contribution in [0.5, 0.6) is 0 Å². The van der Waals surface area contributed by atoms with Crippen LogP contribution in [0.1, 0.15) is 152 Å². The molecule has 6 aliphatic rings. The molecule has 0 amide bonds. The third-order valence-corrected chi connectivity index (χ3v) is 24.2. The standard InChI is InChI=1S/C38H66/c1-23(2)24(3,4)29(13)30(14,25(23,5)6)35(19)33(29,17)28(11,12)34(18)36(20)31(15)26(7,8)27(9,10)32(31,16)37(36,21)38(34,35)22/h1-22H3. The van der Waals surface area contributed by atoms with Crippen LogP contribution in [-0.4, -0.2) is 0 Å². The van der Waals surface area contributed by atoms with E-state index < -0.39 is 0 Å². The first kappa shape index (κ1) is 28.1. The molecular weight excluding hydrogens is 456 g/mol. The average Bonchev–Trinajstić information content (AvgIpc) is 2.91. The lowest BCUT2D eigenvalue weighted by Crippen LogP contribution is -3.05. The Morgan fingerprint density at radius 2 is 0.263 bits per heavy atom. The van der Waals surface area contributed by atoms with E-state index in [-0.39, 0.29) is 65.0 Å². The highest BCUT2D eigenvalue weighted by Crippen LogP contribution is 3.18. The molecule has 0 heterocycles. The molecule has 0 aliphatic heterocycles. The molecule has 0 heteroatoms. The van der Waals surface area contributed by atoms with E-state index in [4.69, 9.17) is 0 Å². The fraction of sp³-hybridized carbons (Fsp3) is 1.00. The predicted molar refractivity (Wildman–Crippen MR) is 164 cm³/mol. The van der Waals surface area contributed by atoms with Crippen molar-refractivity contribution in [3.63, 3.8) is 0 Å². The molecule has 0 aromatic rings. The van der Waals surface area contributed by atoms with E-state index in [2.05, 4.69) is 152 Å². The largest absolute Gasteiger partial charge is 0.0588 e. The van der Waals surface area contributed by atoms with Crippen LogP contribution in [-0.2, 0) is 0 Å². The first-order chi connectivity index (χ1) is 16.2. The zero-order valence-corrected chi connectivity index (χ0v) is 30.0. The molecular formula is C38H66. The van der Waals surface area contributed by atoms with Gasteiger partial charge in [-0.05, 0) is 86.6 Å². The molecule has 0 bridgehead atoms. The highest BCUT2D eigenvalue weighted by Gasteiger charge is 3.15. The van der Waals surface area contributed by atoms with Gasteiger partial charge in [0.1, 0.15) is 0 Å². The summed E-state index contributed by atoms with van der Waals surface area (Å²) in [6.07, 6.45) is 0. The highest BCUT2D eigenvalue weighted by atomic mass is 15.2. The van der Waals surface area contributed by atoms with E-state index in [1.807, 2.05) is 0 Å². The summed E-state index contributed by atoms with van der Waals surface area (Å²) in [7, 11) is 0. The fourth-order valence-electron chi connectivity index (χ4n) is 20.0. The summed E-state index contributed by atoms with van der Waals surface area (Å²) in [5.41, 5.74) is 3.95. The van der Waals surface area contributed by atoms with Crippen LogP contribution in [0.15, 0.2) is 0 Å². The second-order valence-corrected chi connectivity index (χ2v) is 21.0. The maximum absolute atomic E-state index is 2.85. The van der Waals surface area contributed by atoms with E-state index >= 15 is 0 Å². The van der Waals surface area contributed by atoms with Crippen LogP contribution in [0.4, 0.5) is 0 Å². The van der Waals surface area contributed by atoms with Crippen molar-refractivity contribution in [2.24, 2.45) is 86.6 Å². The zero-order valence-electron chi connectivity index (χ0n) is 30.0. The molecule has 0 radical (unpaired) electrons. The van der Waals surface area contributed by atoms with Gasteiger partial charge in [-0.2, -0.15) is 0 Å². The van der Waals surface area contributed by atoms with Crippen LogP contribution < -0.4 is 0 Å². The number of rotatable bonds is 0. The molecule has 6 aliphatic carbocycles. The Morgan fingerprint density at radius 3 is 0.526 bits per heavy atom. The van der Waals surface area contributed by atoms with Crippen molar-refractivity contribution in [2.45, 2.75) is 152 Å². The van der Waals surface area contributed by atoms with Gasteiger partial charge in [0.25, 0.3) is 0 Å². The summed E-state index contributed by atoms with van der Waals surface area (Å²) < 4.78 is 0. The highest BCUT2D eigenvalue weighted by molar-refractivity contribution is 5.61. The van der Waals surface area contributed by atoms with E-state index in [1.165, 1.54) is 0 Å². The van der Waals surface area contributed by atoms with Crippen molar-refractivity contribution >= 4 is 0 Å². The van der Waals surface area contributed by atoms with E-state index in [0.717, 1.165) is 0 Å². The molecule has 6 fully saturated rings. The average molecular weight is 523 g/mol. The Morgan fingerprint density at radius 1 is 0.132 bits per heavy atom. The van der Waals surface area contributed by atoms with Gasteiger partial charge in [0, 0.05) is 0 Å². The quantitative estimate of drug-likeness (QED) is 0.297. The Hall–Kier alpha value is 0. The van der Waals surface area contributed by atoms with Gasteiger partial charge >= 0.3 is 0 Å². The number of fused-ring (bicyclic) bond motifs is 12. The third-order valence-electron chi connectivity index (χ3n) is 24.2. The summed E-state index contributed by atoms with van der Waals surface area (Å²) in [4.78, 5) is 0. The molecule has 0 nitrogen and oxygen atoms in total. The summed E-state index contributed by atoms with van der Waals surface area (Å²) in [6, 6.07) is 0. The van der Waals surface area contributed by atoms with E-state index in [0.29, 0.717) is 21.7 Å². The number of hydrogen-bond donors (Lipinski definition) is 0. The lowest BCUT2D eigenvalue weighted by atomic mass is 8.95. The van der Waals surface area contributed by atoms with Gasteiger partial charge in [0.2, 0.25) is 0 Å². The Labute approximate surface area is 238 Å². The van der Waals surface area contributed by atoms with E-state index in [9.17, 15) is 0 Å². The zero-order chi connectivity index (χ0) is 30.0. The molecule has 10 atom stereocenters.